The molecule has 0 aliphatic carbocycles. The second-order valence-electron chi connectivity index (χ2n) is 14.4. The first-order valence-corrected chi connectivity index (χ1v) is 20.9. The molecule has 0 bridgehead atoms. The van der Waals surface area contributed by atoms with Crippen LogP contribution in [0.25, 0.3) is 93.7 Å². The zero-order valence-electron chi connectivity index (χ0n) is 34.7. The molecule has 0 N–H and O–H groups in total. The lowest BCUT2D eigenvalue weighted by Gasteiger charge is -2.20. The van der Waals surface area contributed by atoms with Crippen molar-refractivity contribution in [3.63, 3.8) is 0 Å². The molecule has 0 aliphatic rings. The molecule has 0 saturated heterocycles. The Hall–Kier alpha value is -6.24. The van der Waals surface area contributed by atoms with E-state index in [9.17, 15) is 0 Å². The quantitative estimate of drug-likeness (QED) is 0.113. The van der Waals surface area contributed by atoms with Gasteiger partial charge in [-0.15, -0.1) is 0 Å². The molecule has 0 amide bonds. The summed E-state index contributed by atoms with van der Waals surface area (Å²) in [7, 11) is 0. The molecule has 9 aromatic rings. The topological polar surface area (TPSA) is 0 Å². The molecule has 0 unspecified atom stereocenters. The van der Waals surface area contributed by atoms with Gasteiger partial charge in [0.05, 0.1) is 0 Å². The Morgan fingerprint density at radius 2 is 0.912 bits per heavy atom. The molecule has 9 aromatic carbocycles. The van der Waals surface area contributed by atoms with Crippen molar-refractivity contribution < 1.29 is 0 Å². The zero-order valence-corrected chi connectivity index (χ0v) is 34.7. The lowest BCUT2D eigenvalue weighted by Crippen LogP contribution is -1.99. The van der Waals surface area contributed by atoms with Gasteiger partial charge in [-0.2, -0.15) is 0 Å². The summed E-state index contributed by atoms with van der Waals surface area (Å²) in [5.41, 5.74) is 15.5. The third kappa shape index (κ3) is 7.06. The third-order valence-electron chi connectivity index (χ3n) is 11.4. The Bertz CT molecular complexity index is 2810. The number of fused-ring (bicyclic) bond motifs is 5. The number of benzene rings is 9. The van der Waals surface area contributed by atoms with Gasteiger partial charge in [-0.3, -0.25) is 0 Å². The van der Waals surface area contributed by atoms with Crippen LogP contribution in [0.1, 0.15) is 63.3 Å². The molecule has 9 rings (SSSR count). The van der Waals surface area contributed by atoms with Gasteiger partial charge in [-0.25, -0.2) is 0 Å². The van der Waals surface area contributed by atoms with E-state index in [0.717, 1.165) is 12.8 Å². The SMILES string of the molecule is C=Cc1cc(-c2cccc(-c3c4ccccc4c(-c4ccc(-c5cc6ccccc6c6ccccc56)cc4)c4ccccc34)c2)c(CCC)c(C)c1C.CC.CC. The molecule has 0 atom stereocenters. The van der Waals surface area contributed by atoms with Crippen LogP contribution in [0.15, 0.2) is 164 Å². The van der Waals surface area contributed by atoms with E-state index in [1.165, 1.54) is 110 Å². The average molecular weight is 739 g/mol. The summed E-state index contributed by atoms with van der Waals surface area (Å²) in [6, 6.07) is 58.6. The van der Waals surface area contributed by atoms with Crippen molar-refractivity contribution in [3.8, 4) is 44.5 Å². The highest BCUT2D eigenvalue weighted by molar-refractivity contribution is 6.21. The number of rotatable bonds is 7. The molecular formula is C57H54. The standard InChI is InChI=1S/C53H42.2C2H6/c1-5-16-42-35(4)34(3)36(6-2)32-51(42)39-18-15-19-41(31-39)53-48-25-13-11-23-46(48)52(47-24-12-14-26-49(47)53)38-29-27-37(28-30-38)50-33-40-17-7-8-20-43(40)44-21-9-10-22-45(44)50;2*1-2/h6-15,17-33H,2,5,16H2,1,3-4H3;2*1-2H3. The molecule has 0 radical (unpaired) electrons. The van der Waals surface area contributed by atoms with Gasteiger partial charge in [-0.1, -0.05) is 193 Å². The summed E-state index contributed by atoms with van der Waals surface area (Å²) >= 11 is 0. The summed E-state index contributed by atoms with van der Waals surface area (Å²) in [6.45, 7) is 18.9. The van der Waals surface area contributed by atoms with Gasteiger partial charge in [0, 0.05) is 0 Å². The van der Waals surface area contributed by atoms with E-state index in [-0.39, 0.29) is 0 Å². The Balaban J connectivity index is 0.00000120. The maximum absolute atomic E-state index is 4.15. The van der Waals surface area contributed by atoms with E-state index in [1.54, 1.807) is 0 Å². The maximum atomic E-state index is 4.15. The van der Waals surface area contributed by atoms with Crippen molar-refractivity contribution in [1.82, 2.24) is 0 Å². The molecule has 0 saturated carbocycles. The van der Waals surface area contributed by atoms with Gasteiger partial charge in [0.2, 0.25) is 0 Å². The summed E-state index contributed by atoms with van der Waals surface area (Å²) < 4.78 is 0. The summed E-state index contributed by atoms with van der Waals surface area (Å²) in [4.78, 5) is 0. The fourth-order valence-corrected chi connectivity index (χ4v) is 8.74. The van der Waals surface area contributed by atoms with Crippen LogP contribution in [0.2, 0.25) is 0 Å². The van der Waals surface area contributed by atoms with Crippen LogP contribution in [0.4, 0.5) is 0 Å². The van der Waals surface area contributed by atoms with Crippen LogP contribution in [0.5, 0.6) is 0 Å². The smallest absolute Gasteiger partial charge is 0.00262 e. The minimum absolute atomic E-state index is 1.06. The van der Waals surface area contributed by atoms with Crippen LogP contribution >= 0.6 is 0 Å². The molecule has 0 heterocycles. The van der Waals surface area contributed by atoms with Crippen LogP contribution < -0.4 is 0 Å². The largest absolute Gasteiger partial charge is 0.0985 e. The molecule has 0 aliphatic heterocycles. The van der Waals surface area contributed by atoms with Crippen LogP contribution in [0.3, 0.4) is 0 Å². The molecule has 0 spiro atoms. The summed E-state index contributed by atoms with van der Waals surface area (Å²) in [6.07, 6.45) is 4.17. The highest BCUT2D eigenvalue weighted by atomic mass is 14.2. The molecule has 282 valence electrons. The summed E-state index contributed by atoms with van der Waals surface area (Å²) in [5, 5.41) is 10.2. The van der Waals surface area contributed by atoms with Crippen LogP contribution in [-0.4, -0.2) is 0 Å². The Morgan fingerprint density at radius 3 is 1.49 bits per heavy atom. The van der Waals surface area contributed by atoms with Crippen LogP contribution in [0, 0.1) is 13.8 Å². The van der Waals surface area contributed by atoms with E-state index in [4.69, 9.17) is 0 Å². The lowest BCUT2D eigenvalue weighted by atomic mass is 9.84. The highest BCUT2D eigenvalue weighted by Gasteiger charge is 2.19. The van der Waals surface area contributed by atoms with Gasteiger partial charge in [-0.05, 0) is 148 Å². The van der Waals surface area contributed by atoms with Crippen molar-refractivity contribution in [2.75, 3.05) is 0 Å². The van der Waals surface area contributed by atoms with Crippen molar-refractivity contribution in [2.24, 2.45) is 0 Å². The monoisotopic (exact) mass is 738 g/mol. The molecule has 0 nitrogen and oxygen atoms in total. The molecule has 0 heteroatoms. The zero-order chi connectivity index (χ0) is 40.1. The minimum atomic E-state index is 1.06. The van der Waals surface area contributed by atoms with E-state index in [2.05, 4.69) is 185 Å². The first-order chi connectivity index (χ1) is 28.1. The molecule has 0 aromatic heterocycles. The Kier molecular flexibility index (Phi) is 11.8. The maximum Gasteiger partial charge on any atom is -0.00262 e. The van der Waals surface area contributed by atoms with Gasteiger partial charge in [0.15, 0.2) is 0 Å². The Labute approximate surface area is 340 Å². The van der Waals surface area contributed by atoms with Gasteiger partial charge in [0.25, 0.3) is 0 Å². The first kappa shape index (κ1) is 39.0. The summed E-state index contributed by atoms with van der Waals surface area (Å²) in [5.74, 6) is 0. The normalized spacial score (nSPS) is 10.9. The number of hydrogen-bond acceptors (Lipinski definition) is 0. The minimum Gasteiger partial charge on any atom is -0.0985 e. The van der Waals surface area contributed by atoms with Crippen molar-refractivity contribution >= 4 is 49.2 Å². The van der Waals surface area contributed by atoms with Crippen LogP contribution in [-0.2, 0) is 6.42 Å². The third-order valence-corrected chi connectivity index (χ3v) is 11.4. The van der Waals surface area contributed by atoms with E-state index >= 15 is 0 Å². The van der Waals surface area contributed by atoms with Gasteiger partial charge >= 0.3 is 0 Å². The Morgan fingerprint density at radius 1 is 0.421 bits per heavy atom. The number of hydrogen-bond donors (Lipinski definition) is 0. The van der Waals surface area contributed by atoms with Gasteiger partial charge < -0.3 is 0 Å². The predicted octanol–water partition coefficient (Wildman–Crippen LogP) is 17.2. The van der Waals surface area contributed by atoms with Gasteiger partial charge in [0.1, 0.15) is 0 Å². The second-order valence-corrected chi connectivity index (χ2v) is 14.4. The molecule has 57 heavy (non-hydrogen) atoms. The van der Waals surface area contributed by atoms with E-state index in [0.29, 0.717) is 0 Å². The van der Waals surface area contributed by atoms with Crippen molar-refractivity contribution in [2.45, 2.75) is 61.3 Å². The second kappa shape index (κ2) is 17.3. The fourth-order valence-electron chi connectivity index (χ4n) is 8.74. The average Bonchev–Trinajstić information content (AvgIpc) is 3.28. The van der Waals surface area contributed by atoms with E-state index < -0.39 is 0 Å². The first-order valence-electron chi connectivity index (χ1n) is 20.9. The predicted molar refractivity (Wildman–Crippen MR) is 254 cm³/mol. The highest BCUT2D eigenvalue weighted by Crippen LogP contribution is 2.45. The molecule has 0 fully saturated rings. The van der Waals surface area contributed by atoms with Crippen molar-refractivity contribution in [1.29, 1.82) is 0 Å². The lowest BCUT2D eigenvalue weighted by molar-refractivity contribution is 0.911. The van der Waals surface area contributed by atoms with E-state index in [1.807, 2.05) is 33.8 Å². The molecular weight excluding hydrogens is 685 g/mol. The van der Waals surface area contributed by atoms with Crippen molar-refractivity contribution in [3.05, 3.63) is 187 Å². The fraction of sp³-hybridized carbons (Fsp3) is 0.158.